The molecule has 1 aromatic heterocycles. The van der Waals surface area contributed by atoms with Crippen molar-refractivity contribution in [2.45, 2.75) is 20.1 Å². The van der Waals surface area contributed by atoms with E-state index in [1.807, 2.05) is 43.3 Å². The van der Waals surface area contributed by atoms with Crippen LogP contribution in [-0.4, -0.2) is 5.11 Å². The van der Waals surface area contributed by atoms with Gasteiger partial charge in [0, 0.05) is 11.3 Å². The van der Waals surface area contributed by atoms with Gasteiger partial charge in [0.1, 0.15) is 11.5 Å². The molecule has 1 heterocycles. The van der Waals surface area contributed by atoms with Gasteiger partial charge in [-0.05, 0) is 25.1 Å². The third kappa shape index (κ3) is 2.44. The molecule has 0 saturated carbocycles. The molecule has 16 heavy (non-hydrogen) atoms. The smallest absolute Gasteiger partial charge is 0.123 e. The molecule has 0 aliphatic heterocycles. The van der Waals surface area contributed by atoms with Crippen molar-refractivity contribution < 1.29 is 9.52 Å². The molecule has 0 amide bonds. The van der Waals surface area contributed by atoms with Crippen LogP contribution in [0.4, 0.5) is 5.69 Å². The Morgan fingerprint density at radius 2 is 2.00 bits per heavy atom. The van der Waals surface area contributed by atoms with E-state index in [0.29, 0.717) is 6.54 Å². The number of aliphatic hydroxyl groups excluding tert-OH is 1. The number of hydrogen-bond donors (Lipinski definition) is 2. The number of rotatable bonds is 4. The van der Waals surface area contributed by atoms with Crippen LogP contribution < -0.4 is 5.32 Å². The average molecular weight is 217 g/mol. The Bertz CT molecular complexity index is 462. The van der Waals surface area contributed by atoms with Gasteiger partial charge in [-0.25, -0.2) is 0 Å². The molecule has 2 aromatic rings. The van der Waals surface area contributed by atoms with Crippen molar-refractivity contribution in [3.05, 3.63) is 53.5 Å². The van der Waals surface area contributed by atoms with Crippen molar-refractivity contribution in [3.63, 3.8) is 0 Å². The summed E-state index contributed by atoms with van der Waals surface area (Å²) in [5.74, 6) is 1.80. The first-order valence-electron chi connectivity index (χ1n) is 5.27. The largest absolute Gasteiger partial charge is 0.465 e. The Morgan fingerprint density at radius 1 is 1.19 bits per heavy atom. The van der Waals surface area contributed by atoms with Crippen LogP contribution in [0, 0.1) is 6.92 Å². The Labute approximate surface area is 94.7 Å². The first-order chi connectivity index (χ1) is 7.79. The fourth-order valence-electron chi connectivity index (χ4n) is 1.59. The average Bonchev–Trinajstić information content (AvgIpc) is 2.73. The zero-order chi connectivity index (χ0) is 11.4. The van der Waals surface area contributed by atoms with E-state index in [2.05, 4.69) is 5.32 Å². The summed E-state index contributed by atoms with van der Waals surface area (Å²) in [5.41, 5.74) is 1.84. The van der Waals surface area contributed by atoms with E-state index in [1.165, 1.54) is 0 Å². The lowest BCUT2D eigenvalue weighted by molar-refractivity contribution is 0.282. The minimum absolute atomic E-state index is 0.0420. The molecular weight excluding hydrogens is 202 g/mol. The van der Waals surface area contributed by atoms with Crippen molar-refractivity contribution in [1.82, 2.24) is 0 Å². The molecule has 0 atom stereocenters. The molecule has 0 radical (unpaired) electrons. The number of benzene rings is 1. The molecule has 0 bridgehead atoms. The van der Waals surface area contributed by atoms with Crippen LogP contribution in [0.15, 0.2) is 40.8 Å². The maximum Gasteiger partial charge on any atom is 0.123 e. The second-order valence-corrected chi connectivity index (χ2v) is 3.68. The SMILES string of the molecule is Cc1ccc(CNc2ccccc2CO)o1. The number of aliphatic hydroxyl groups is 1. The maximum atomic E-state index is 9.16. The number of anilines is 1. The van der Waals surface area contributed by atoms with Gasteiger partial charge in [-0.3, -0.25) is 0 Å². The molecule has 1 aromatic carbocycles. The highest BCUT2D eigenvalue weighted by Gasteiger charge is 2.01. The van der Waals surface area contributed by atoms with E-state index in [-0.39, 0.29) is 6.61 Å². The van der Waals surface area contributed by atoms with Crippen LogP contribution in [-0.2, 0) is 13.2 Å². The standard InChI is InChI=1S/C13H15NO2/c1-10-6-7-12(16-10)8-14-13-5-3-2-4-11(13)9-15/h2-7,14-15H,8-9H2,1H3. The van der Waals surface area contributed by atoms with Gasteiger partial charge in [0.25, 0.3) is 0 Å². The number of furan rings is 1. The first-order valence-corrected chi connectivity index (χ1v) is 5.27. The first kappa shape index (κ1) is 10.8. The van der Waals surface area contributed by atoms with E-state index in [0.717, 1.165) is 22.8 Å². The lowest BCUT2D eigenvalue weighted by Crippen LogP contribution is -2.01. The number of aryl methyl sites for hydroxylation is 1. The monoisotopic (exact) mass is 217 g/mol. The van der Waals surface area contributed by atoms with Crippen molar-refractivity contribution in [3.8, 4) is 0 Å². The minimum Gasteiger partial charge on any atom is -0.465 e. The van der Waals surface area contributed by atoms with Crippen LogP contribution >= 0.6 is 0 Å². The van der Waals surface area contributed by atoms with Crippen molar-refractivity contribution in [2.75, 3.05) is 5.32 Å². The van der Waals surface area contributed by atoms with E-state index in [4.69, 9.17) is 9.52 Å². The highest BCUT2D eigenvalue weighted by molar-refractivity contribution is 5.50. The maximum absolute atomic E-state index is 9.16. The van der Waals surface area contributed by atoms with E-state index >= 15 is 0 Å². The zero-order valence-corrected chi connectivity index (χ0v) is 9.23. The molecule has 2 rings (SSSR count). The van der Waals surface area contributed by atoms with Crippen LogP contribution in [0.5, 0.6) is 0 Å². The number of para-hydroxylation sites is 1. The molecule has 0 aliphatic rings. The summed E-state index contributed by atoms with van der Waals surface area (Å²) >= 11 is 0. The van der Waals surface area contributed by atoms with Crippen molar-refractivity contribution in [1.29, 1.82) is 0 Å². The quantitative estimate of drug-likeness (QED) is 0.827. The van der Waals surface area contributed by atoms with Crippen molar-refractivity contribution >= 4 is 5.69 Å². The summed E-state index contributed by atoms with van der Waals surface area (Å²) in [6.45, 7) is 2.59. The summed E-state index contributed by atoms with van der Waals surface area (Å²) in [6.07, 6.45) is 0. The van der Waals surface area contributed by atoms with Gasteiger partial charge < -0.3 is 14.8 Å². The fourth-order valence-corrected chi connectivity index (χ4v) is 1.59. The summed E-state index contributed by atoms with van der Waals surface area (Å²) in [6, 6.07) is 11.6. The topological polar surface area (TPSA) is 45.4 Å². The van der Waals surface area contributed by atoms with E-state index < -0.39 is 0 Å². The van der Waals surface area contributed by atoms with Crippen LogP contribution in [0.2, 0.25) is 0 Å². The Kier molecular flexibility index (Phi) is 3.27. The third-order valence-electron chi connectivity index (χ3n) is 2.44. The predicted molar refractivity (Wildman–Crippen MR) is 63.1 cm³/mol. The summed E-state index contributed by atoms with van der Waals surface area (Å²) in [7, 11) is 0. The molecule has 0 unspecified atom stereocenters. The highest BCUT2D eigenvalue weighted by Crippen LogP contribution is 2.16. The van der Waals surface area contributed by atoms with Gasteiger partial charge in [0.2, 0.25) is 0 Å². The molecule has 0 fully saturated rings. The lowest BCUT2D eigenvalue weighted by Gasteiger charge is -2.08. The minimum atomic E-state index is 0.0420. The van der Waals surface area contributed by atoms with E-state index in [9.17, 15) is 0 Å². The van der Waals surface area contributed by atoms with Gasteiger partial charge in [-0.2, -0.15) is 0 Å². The predicted octanol–water partition coefficient (Wildman–Crippen LogP) is 2.69. The highest BCUT2D eigenvalue weighted by atomic mass is 16.3. The van der Waals surface area contributed by atoms with Crippen LogP contribution in [0.1, 0.15) is 17.1 Å². The normalized spacial score (nSPS) is 10.4. The Hall–Kier alpha value is -1.74. The van der Waals surface area contributed by atoms with Gasteiger partial charge in [0.05, 0.1) is 13.2 Å². The Morgan fingerprint density at radius 3 is 2.69 bits per heavy atom. The zero-order valence-electron chi connectivity index (χ0n) is 9.23. The third-order valence-corrected chi connectivity index (χ3v) is 2.44. The number of nitrogens with one attached hydrogen (secondary N) is 1. The molecule has 3 nitrogen and oxygen atoms in total. The summed E-state index contributed by atoms with van der Waals surface area (Å²) in [4.78, 5) is 0. The molecule has 3 heteroatoms. The molecule has 84 valence electrons. The number of hydrogen-bond acceptors (Lipinski definition) is 3. The fraction of sp³-hybridized carbons (Fsp3) is 0.231. The van der Waals surface area contributed by atoms with Gasteiger partial charge in [-0.1, -0.05) is 18.2 Å². The summed E-state index contributed by atoms with van der Waals surface area (Å²) < 4.78 is 5.45. The molecular formula is C13H15NO2. The second-order valence-electron chi connectivity index (χ2n) is 3.68. The molecule has 0 saturated heterocycles. The van der Waals surface area contributed by atoms with Crippen LogP contribution in [0.3, 0.4) is 0 Å². The molecule has 0 spiro atoms. The van der Waals surface area contributed by atoms with Gasteiger partial charge in [0.15, 0.2) is 0 Å². The van der Waals surface area contributed by atoms with Gasteiger partial charge in [-0.15, -0.1) is 0 Å². The Balaban J connectivity index is 2.04. The lowest BCUT2D eigenvalue weighted by atomic mass is 10.2. The van der Waals surface area contributed by atoms with Crippen LogP contribution in [0.25, 0.3) is 0 Å². The molecule has 0 aliphatic carbocycles. The molecule has 2 N–H and O–H groups in total. The van der Waals surface area contributed by atoms with Crippen molar-refractivity contribution in [2.24, 2.45) is 0 Å². The summed E-state index contributed by atoms with van der Waals surface area (Å²) in [5, 5.41) is 12.4. The second kappa shape index (κ2) is 4.86. The van der Waals surface area contributed by atoms with E-state index in [1.54, 1.807) is 0 Å². The van der Waals surface area contributed by atoms with Gasteiger partial charge >= 0.3 is 0 Å².